The van der Waals surface area contributed by atoms with Gasteiger partial charge in [0.25, 0.3) is 0 Å². The lowest BCUT2D eigenvalue weighted by molar-refractivity contribution is -0.135. The maximum Gasteiger partial charge on any atom is 0.312 e. The number of hydrogen-bond donors (Lipinski definition) is 0. The molecule has 1 aliphatic rings. The summed E-state index contributed by atoms with van der Waals surface area (Å²) in [6.07, 6.45) is 3.21. The van der Waals surface area contributed by atoms with E-state index in [1.165, 1.54) is 13.4 Å². The molecule has 1 aliphatic heterocycles. The molecular weight excluding hydrogens is 412 g/mol. The van der Waals surface area contributed by atoms with Crippen LogP contribution in [0.25, 0.3) is 22.1 Å². The Morgan fingerprint density at radius 2 is 1.88 bits per heavy atom. The second-order valence-electron chi connectivity index (χ2n) is 7.51. The van der Waals surface area contributed by atoms with Crippen LogP contribution in [-0.4, -0.2) is 30.0 Å². The van der Waals surface area contributed by atoms with E-state index in [1.54, 1.807) is 55.4 Å². The number of aryl methyl sites for hydroxylation is 1. The van der Waals surface area contributed by atoms with Crippen molar-refractivity contribution in [2.75, 3.05) is 14.2 Å². The highest BCUT2D eigenvalue weighted by molar-refractivity contribution is 5.94. The largest absolute Gasteiger partial charge is 0.497 e. The summed E-state index contributed by atoms with van der Waals surface area (Å²) in [7, 11) is 4.85. The lowest BCUT2D eigenvalue weighted by Gasteiger charge is -2.26. The van der Waals surface area contributed by atoms with Crippen molar-refractivity contribution in [3.63, 3.8) is 0 Å². The molecule has 0 aliphatic carbocycles. The zero-order valence-corrected chi connectivity index (χ0v) is 17.7. The number of carbonyl (C=O) groups is 1. The number of fused-ring (bicyclic) bond motifs is 3. The van der Waals surface area contributed by atoms with Gasteiger partial charge in [-0.05, 0) is 23.8 Å². The maximum absolute atomic E-state index is 13.6. The molecule has 0 fully saturated rings. The SMILES string of the molecule is COc1ccc(-c2coc3c4c(cc(OC)c3c2=O)OC(=O)C[C@@H]4c2ccnn2C)cc1. The minimum Gasteiger partial charge on any atom is -0.497 e. The van der Waals surface area contributed by atoms with Gasteiger partial charge in [-0.25, -0.2) is 0 Å². The Morgan fingerprint density at radius 3 is 2.53 bits per heavy atom. The average molecular weight is 432 g/mol. The van der Waals surface area contributed by atoms with Gasteiger partial charge in [0.2, 0.25) is 5.43 Å². The Kier molecular flexibility index (Phi) is 4.70. The first-order valence-electron chi connectivity index (χ1n) is 10.0. The van der Waals surface area contributed by atoms with Crippen LogP contribution in [0.4, 0.5) is 0 Å². The number of benzene rings is 2. The molecule has 8 nitrogen and oxygen atoms in total. The third kappa shape index (κ3) is 3.03. The van der Waals surface area contributed by atoms with Gasteiger partial charge in [-0.2, -0.15) is 5.10 Å². The number of carbonyl (C=O) groups excluding carboxylic acids is 1. The number of ether oxygens (including phenoxy) is 3. The summed E-state index contributed by atoms with van der Waals surface area (Å²) < 4.78 is 24.0. The molecule has 5 rings (SSSR count). The molecular formula is C24H20N2O6. The summed E-state index contributed by atoms with van der Waals surface area (Å²) in [5, 5.41) is 4.52. The highest BCUT2D eigenvalue weighted by atomic mass is 16.5. The summed E-state index contributed by atoms with van der Waals surface area (Å²) in [5.41, 5.74) is 2.62. The van der Waals surface area contributed by atoms with Crippen LogP contribution in [0.3, 0.4) is 0 Å². The fraction of sp³-hybridized carbons (Fsp3) is 0.208. The molecule has 2 aromatic carbocycles. The van der Waals surface area contributed by atoms with Crippen LogP contribution in [0.2, 0.25) is 0 Å². The fourth-order valence-corrected chi connectivity index (χ4v) is 4.23. The molecule has 2 aromatic heterocycles. The summed E-state index contributed by atoms with van der Waals surface area (Å²) >= 11 is 0. The van der Waals surface area contributed by atoms with E-state index in [0.717, 1.165) is 5.69 Å². The topological polar surface area (TPSA) is 92.8 Å². The van der Waals surface area contributed by atoms with Crippen LogP contribution >= 0.6 is 0 Å². The second kappa shape index (κ2) is 7.56. The van der Waals surface area contributed by atoms with Crippen LogP contribution in [0.1, 0.15) is 23.6 Å². The molecule has 4 aromatic rings. The van der Waals surface area contributed by atoms with Crippen molar-refractivity contribution in [3.8, 4) is 28.4 Å². The summed E-state index contributed by atoms with van der Waals surface area (Å²) in [6, 6.07) is 10.6. The van der Waals surface area contributed by atoms with Crippen molar-refractivity contribution in [2.24, 2.45) is 7.05 Å². The van der Waals surface area contributed by atoms with E-state index >= 15 is 0 Å². The van der Waals surface area contributed by atoms with E-state index in [1.807, 2.05) is 6.07 Å². The maximum atomic E-state index is 13.6. The van der Waals surface area contributed by atoms with E-state index < -0.39 is 0 Å². The van der Waals surface area contributed by atoms with Gasteiger partial charge in [-0.3, -0.25) is 14.3 Å². The monoisotopic (exact) mass is 432 g/mol. The van der Waals surface area contributed by atoms with Crippen molar-refractivity contribution in [2.45, 2.75) is 12.3 Å². The van der Waals surface area contributed by atoms with Gasteiger partial charge in [0.1, 0.15) is 34.5 Å². The van der Waals surface area contributed by atoms with Crippen molar-refractivity contribution in [3.05, 3.63) is 70.3 Å². The molecule has 32 heavy (non-hydrogen) atoms. The summed E-state index contributed by atoms with van der Waals surface area (Å²) in [6.45, 7) is 0. The Labute approximate surface area is 182 Å². The fourth-order valence-electron chi connectivity index (χ4n) is 4.23. The third-order valence-electron chi connectivity index (χ3n) is 5.79. The lowest BCUT2D eigenvalue weighted by Crippen LogP contribution is -2.23. The quantitative estimate of drug-likeness (QED) is 0.359. The van der Waals surface area contributed by atoms with Gasteiger partial charge in [0.15, 0.2) is 0 Å². The van der Waals surface area contributed by atoms with Crippen molar-refractivity contribution in [1.29, 1.82) is 0 Å². The van der Waals surface area contributed by atoms with Crippen molar-refractivity contribution in [1.82, 2.24) is 9.78 Å². The van der Waals surface area contributed by atoms with Crippen LogP contribution in [0.15, 0.2) is 58.1 Å². The smallest absolute Gasteiger partial charge is 0.312 e. The first kappa shape index (κ1) is 19.9. The van der Waals surface area contributed by atoms with E-state index in [0.29, 0.717) is 39.2 Å². The van der Waals surface area contributed by atoms with Gasteiger partial charge in [-0.15, -0.1) is 0 Å². The Balaban J connectivity index is 1.78. The highest BCUT2D eigenvalue weighted by Gasteiger charge is 2.35. The van der Waals surface area contributed by atoms with Crippen LogP contribution in [0, 0.1) is 0 Å². The number of aromatic nitrogens is 2. The molecule has 0 saturated heterocycles. The second-order valence-corrected chi connectivity index (χ2v) is 7.51. The highest BCUT2D eigenvalue weighted by Crippen LogP contribution is 2.45. The minimum atomic E-state index is -0.373. The first-order chi connectivity index (χ1) is 15.5. The van der Waals surface area contributed by atoms with Crippen molar-refractivity contribution >= 4 is 16.9 Å². The van der Waals surface area contributed by atoms with E-state index in [-0.39, 0.29) is 29.5 Å². The molecule has 8 heteroatoms. The Morgan fingerprint density at radius 1 is 1.09 bits per heavy atom. The molecule has 1 atom stereocenters. The molecule has 0 saturated carbocycles. The number of hydrogen-bond acceptors (Lipinski definition) is 7. The number of rotatable bonds is 4. The van der Waals surface area contributed by atoms with Crippen LogP contribution < -0.4 is 19.6 Å². The number of esters is 1. The predicted molar refractivity (Wildman–Crippen MR) is 116 cm³/mol. The zero-order valence-electron chi connectivity index (χ0n) is 17.7. The van der Waals surface area contributed by atoms with Gasteiger partial charge in [0, 0.05) is 36.5 Å². The molecule has 0 bridgehead atoms. The number of methoxy groups -OCH3 is 2. The van der Waals surface area contributed by atoms with Gasteiger partial charge in [0.05, 0.1) is 26.2 Å². The summed E-state index contributed by atoms with van der Waals surface area (Å²) in [5.74, 6) is 0.536. The molecule has 0 amide bonds. The van der Waals surface area contributed by atoms with E-state index in [4.69, 9.17) is 18.6 Å². The van der Waals surface area contributed by atoms with Crippen LogP contribution in [-0.2, 0) is 11.8 Å². The standard InChI is InChI=1S/C24H20N2O6/c1-26-17(8-9-25-26)15-10-20(27)32-19-11-18(30-3)22-23(28)16(12-31-24(22)21(15)19)13-4-6-14(29-2)7-5-13/h4-9,11-12,15H,10H2,1-3H3/t15-/m1/s1. The molecule has 0 radical (unpaired) electrons. The normalized spacial score (nSPS) is 15.3. The summed E-state index contributed by atoms with van der Waals surface area (Å²) in [4.78, 5) is 25.9. The van der Waals surface area contributed by atoms with Gasteiger partial charge in [-0.1, -0.05) is 12.1 Å². The lowest BCUT2D eigenvalue weighted by atomic mass is 9.87. The zero-order chi connectivity index (χ0) is 22.4. The minimum absolute atomic E-state index is 0.109. The van der Waals surface area contributed by atoms with Crippen LogP contribution in [0.5, 0.6) is 17.2 Å². The predicted octanol–water partition coefficient (Wildman–Crippen LogP) is 3.65. The first-order valence-corrected chi connectivity index (χ1v) is 10.0. The van der Waals surface area contributed by atoms with Crippen molar-refractivity contribution < 1.29 is 23.4 Å². The average Bonchev–Trinajstić information content (AvgIpc) is 3.23. The Hall–Kier alpha value is -4.07. The molecule has 0 spiro atoms. The molecule has 3 heterocycles. The molecule has 0 unspecified atom stereocenters. The number of nitrogens with zero attached hydrogens (tertiary/aromatic N) is 2. The van der Waals surface area contributed by atoms with Gasteiger partial charge < -0.3 is 18.6 Å². The third-order valence-corrected chi connectivity index (χ3v) is 5.79. The molecule has 0 N–H and O–H groups in total. The molecule has 162 valence electrons. The Bertz CT molecular complexity index is 1400. The van der Waals surface area contributed by atoms with E-state index in [2.05, 4.69) is 5.10 Å². The van der Waals surface area contributed by atoms with E-state index in [9.17, 15) is 9.59 Å². The van der Waals surface area contributed by atoms with Gasteiger partial charge >= 0.3 is 5.97 Å².